The van der Waals surface area contributed by atoms with Crippen LogP contribution in [0.5, 0.6) is 5.75 Å². The molecule has 0 radical (unpaired) electrons. The molecule has 82 valence electrons. The molecule has 0 amide bonds. The van der Waals surface area contributed by atoms with Crippen LogP contribution < -0.4 is 4.74 Å². The molecule has 0 fully saturated rings. The second-order valence-electron chi connectivity index (χ2n) is 2.82. The van der Waals surface area contributed by atoms with Gasteiger partial charge < -0.3 is 14.6 Å². The Bertz CT molecular complexity index is 305. The van der Waals surface area contributed by atoms with Gasteiger partial charge in [-0.15, -0.1) is 0 Å². The Kier molecular flexibility index (Phi) is 4.63. The largest absolute Gasteiger partial charge is 0.494 e. The fraction of sp³-hybridized carbons (Fsp3) is 0.364. The van der Waals surface area contributed by atoms with Crippen molar-refractivity contribution < 1.29 is 19.4 Å². The number of carbonyl (C=O) groups is 1. The van der Waals surface area contributed by atoms with E-state index in [9.17, 15) is 4.79 Å². The predicted molar refractivity (Wildman–Crippen MR) is 55.0 cm³/mol. The molecule has 0 saturated heterocycles. The lowest BCUT2D eigenvalue weighted by molar-refractivity contribution is 0.0433. The minimum atomic E-state index is -0.438. The van der Waals surface area contributed by atoms with Gasteiger partial charge in [0.25, 0.3) is 0 Å². The van der Waals surface area contributed by atoms with Gasteiger partial charge in [0.1, 0.15) is 12.4 Å². The van der Waals surface area contributed by atoms with E-state index < -0.39 is 5.97 Å². The molecule has 0 unspecified atom stereocenters. The van der Waals surface area contributed by atoms with Crippen molar-refractivity contribution >= 4 is 5.97 Å². The molecule has 0 saturated carbocycles. The fourth-order valence-corrected chi connectivity index (χ4v) is 1.08. The standard InChI is InChI=1S/C11H14O4/c1-2-14-10-5-3-9(4-6-10)11(13)15-8-7-12/h3-6,12H,2,7-8H2,1H3. The summed E-state index contributed by atoms with van der Waals surface area (Å²) >= 11 is 0. The Morgan fingerprint density at radius 1 is 1.33 bits per heavy atom. The molecular weight excluding hydrogens is 196 g/mol. The molecule has 1 aromatic carbocycles. The molecule has 0 aliphatic heterocycles. The Hall–Kier alpha value is -1.55. The molecule has 1 N–H and O–H groups in total. The summed E-state index contributed by atoms with van der Waals surface area (Å²) in [6.45, 7) is 2.34. The van der Waals surface area contributed by atoms with E-state index in [1.807, 2.05) is 6.92 Å². The molecule has 0 bridgehead atoms. The number of hydrogen-bond acceptors (Lipinski definition) is 4. The second kappa shape index (κ2) is 6.03. The molecule has 0 spiro atoms. The van der Waals surface area contributed by atoms with Crippen molar-refractivity contribution in [2.45, 2.75) is 6.92 Å². The summed E-state index contributed by atoms with van der Waals surface area (Å²) in [4.78, 5) is 11.3. The average Bonchev–Trinajstić information content (AvgIpc) is 2.27. The smallest absolute Gasteiger partial charge is 0.338 e. The maximum Gasteiger partial charge on any atom is 0.338 e. The van der Waals surface area contributed by atoms with Gasteiger partial charge in [0, 0.05) is 0 Å². The summed E-state index contributed by atoms with van der Waals surface area (Å²) < 4.78 is 9.98. The van der Waals surface area contributed by atoms with Crippen LogP contribution in [0.1, 0.15) is 17.3 Å². The summed E-state index contributed by atoms with van der Waals surface area (Å²) in [7, 11) is 0. The van der Waals surface area contributed by atoms with Crippen LogP contribution in [-0.2, 0) is 4.74 Å². The van der Waals surface area contributed by atoms with Crippen molar-refractivity contribution in [3.05, 3.63) is 29.8 Å². The van der Waals surface area contributed by atoms with E-state index in [2.05, 4.69) is 0 Å². The van der Waals surface area contributed by atoms with Crippen LogP contribution in [0.4, 0.5) is 0 Å². The number of rotatable bonds is 5. The molecule has 1 rings (SSSR count). The van der Waals surface area contributed by atoms with Crippen molar-refractivity contribution in [3.63, 3.8) is 0 Å². The van der Waals surface area contributed by atoms with E-state index in [4.69, 9.17) is 14.6 Å². The fourth-order valence-electron chi connectivity index (χ4n) is 1.08. The molecule has 4 nitrogen and oxygen atoms in total. The average molecular weight is 210 g/mol. The number of benzene rings is 1. The highest BCUT2D eigenvalue weighted by Gasteiger charge is 2.06. The molecule has 4 heteroatoms. The second-order valence-corrected chi connectivity index (χ2v) is 2.82. The van der Waals surface area contributed by atoms with Crippen molar-refractivity contribution in [1.82, 2.24) is 0 Å². The number of hydrogen-bond donors (Lipinski definition) is 1. The quantitative estimate of drug-likeness (QED) is 0.743. The number of carbonyl (C=O) groups excluding carboxylic acids is 1. The van der Waals surface area contributed by atoms with Gasteiger partial charge in [0.05, 0.1) is 18.8 Å². The van der Waals surface area contributed by atoms with E-state index in [1.165, 1.54) is 0 Å². The van der Waals surface area contributed by atoms with Gasteiger partial charge in [-0.3, -0.25) is 0 Å². The van der Waals surface area contributed by atoms with Gasteiger partial charge in [-0.05, 0) is 31.2 Å². The SMILES string of the molecule is CCOc1ccc(C(=O)OCCO)cc1. The highest BCUT2D eigenvalue weighted by molar-refractivity contribution is 5.89. The maximum absolute atomic E-state index is 11.3. The zero-order valence-electron chi connectivity index (χ0n) is 8.60. The molecule has 0 aliphatic carbocycles. The third kappa shape index (κ3) is 3.59. The molecule has 1 aromatic rings. The van der Waals surface area contributed by atoms with Crippen LogP contribution in [0.25, 0.3) is 0 Å². The Balaban J connectivity index is 2.58. The van der Waals surface area contributed by atoms with Gasteiger partial charge in [0.2, 0.25) is 0 Å². The topological polar surface area (TPSA) is 55.8 Å². The lowest BCUT2D eigenvalue weighted by atomic mass is 10.2. The highest BCUT2D eigenvalue weighted by Crippen LogP contribution is 2.12. The summed E-state index contributed by atoms with van der Waals surface area (Å²) in [5, 5.41) is 8.48. The summed E-state index contributed by atoms with van der Waals surface area (Å²) in [5.41, 5.74) is 0.451. The summed E-state index contributed by atoms with van der Waals surface area (Å²) in [5.74, 6) is 0.281. The van der Waals surface area contributed by atoms with Crippen molar-refractivity contribution in [3.8, 4) is 5.75 Å². The van der Waals surface area contributed by atoms with Crippen LogP contribution in [0.15, 0.2) is 24.3 Å². The van der Waals surface area contributed by atoms with Gasteiger partial charge in [-0.1, -0.05) is 0 Å². The van der Waals surface area contributed by atoms with Crippen molar-refractivity contribution in [1.29, 1.82) is 0 Å². The zero-order chi connectivity index (χ0) is 11.1. The van der Waals surface area contributed by atoms with Crippen LogP contribution in [0.2, 0.25) is 0 Å². The molecular formula is C11H14O4. The summed E-state index contributed by atoms with van der Waals surface area (Å²) in [6, 6.07) is 6.67. The third-order valence-electron chi connectivity index (χ3n) is 1.73. The first-order valence-electron chi connectivity index (χ1n) is 4.78. The monoisotopic (exact) mass is 210 g/mol. The number of esters is 1. The lowest BCUT2D eigenvalue weighted by Crippen LogP contribution is -2.08. The molecule has 0 aromatic heterocycles. The first-order valence-corrected chi connectivity index (χ1v) is 4.78. The first-order chi connectivity index (χ1) is 7.27. The number of aliphatic hydroxyl groups excluding tert-OH is 1. The van der Waals surface area contributed by atoms with Gasteiger partial charge in [-0.25, -0.2) is 4.79 Å². The Morgan fingerprint density at radius 3 is 2.53 bits per heavy atom. The van der Waals surface area contributed by atoms with Crippen molar-refractivity contribution in [2.75, 3.05) is 19.8 Å². The van der Waals surface area contributed by atoms with Crippen LogP contribution in [0.3, 0.4) is 0 Å². The predicted octanol–water partition coefficient (Wildman–Crippen LogP) is 1.23. The maximum atomic E-state index is 11.3. The first kappa shape index (κ1) is 11.5. The van der Waals surface area contributed by atoms with E-state index in [1.54, 1.807) is 24.3 Å². The van der Waals surface area contributed by atoms with Gasteiger partial charge >= 0.3 is 5.97 Å². The number of ether oxygens (including phenoxy) is 2. The van der Waals surface area contributed by atoms with E-state index in [-0.39, 0.29) is 13.2 Å². The Morgan fingerprint density at radius 2 is 2.00 bits per heavy atom. The molecule has 15 heavy (non-hydrogen) atoms. The van der Waals surface area contributed by atoms with Crippen LogP contribution in [0, 0.1) is 0 Å². The van der Waals surface area contributed by atoms with E-state index in [0.29, 0.717) is 12.2 Å². The molecule has 0 heterocycles. The number of aliphatic hydroxyl groups is 1. The minimum Gasteiger partial charge on any atom is -0.494 e. The lowest BCUT2D eigenvalue weighted by Gasteiger charge is -2.04. The summed E-state index contributed by atoms with van der Waals surface area (Å²) in [6.07, 6.45) is 0. The zero-order valence-corrected chi connectivity index (χ0v) is 8.60. The Labute approximate surface area is 88.4 Å². The normalized spacial score (nSPS) is 9.73. The van der Waals surface area contributed by atoms with Crippen LogP contribution in [-0.4, -0.2) is 30.9 Å². The van der Waals surface area contributed by atoms with Crippen molar-refractivity contribution in [2.24, 2.45) is 0 Å². The van der Waals surface area contributed by atoms with Crippen LogP contribution >= 0.6 is 0 Å². The molecule has 0 aliphatic rings. The van der Waals surface area contributed by atoms with E-state index >= 15 is 0 Å². The van der Waals surface area contributed by atoms with Gasteiger partial charge in [-0.2, -0.15) is 0 Å². The van der Waals surface area contributed by atoms with E-state index in [0.717, 1.165) is 5.75 Å². The minimum absolute atomic E-state index is 0.0199. The van der Waals surface area contributed by atoms with Gasteiger partial charge in [0.15, 0.2) is 0 Å². The molecule has 0 atom stereocenters. The third-order valence-corrected chi connectivity index (χ3v) is 1.73. The highest BCUT2D eigenvalue weighted by atomic mass is 16.5.